The van der Waals surface area contributed by atoms with Crippen LogP contribution in [0.5, 0.6) is 0 Å². The van der Waals surface area contributed by atoms with Crippen LogP contribution in [0.15, 0.2) is 48.8 Å². The Bertz CT molecular complexity index is 776. The molecule has 1 heterocycles. The number of aryl methyl sites for hydroxylation is 1. The number of sulfonamides is 1. The number of anilines is 1. The van der Waals surface area contributed by atoms with Crippen LogP contribution in [0.2, 0.25) is 0 Å². The van der Waals surface area contributed by atoms with Gasteiger partial charge in [-0.15, -0.1) is 0 Å². The summed E-state index contributed by atoms with van der Waals surface area (Å²) in [7, 11) is -3.38. The first-order chi connectivity index (χ1) is 10.9. The van der Waals surface area contributed by atoms with Crippen LogP contribution in [0.1, 0.15) is 17.0 Å². The summed E-state index contributed by atoms with van der Waals surface area (Å²) in [4.78, 5) is 16.6. The Balaban J connectivity index is 2.22. The molecule has 0 radical (unpaired) electrons. The second-order valence-electron chi connectivity index (χ2n) is 5.26. The number of amides is 1. The number of benzene rings is 1. The third-order valence-electron chi connectivity index (χ3n) is 3.37. The van der Waals surface area contributed by atoms with Crippen LogP contribution < -0.4 is 10.0 Å². The topological polar surface area (TPSA) is 88.2 Å². The largest absolute Gasteiger partial charge is 0.324 e. The molecule has 0 unspecified atom stereocenters. The summed E-state index contributed by atoms with van der Waals surface area (Å²) in [5.74, 6) is -0.922. The number of rotatable bonds is 6. The Morgan fingerprint density at radius 3 is 2.52 bits per heavy atom. The Hall–Kier alpha value is -2.25. The van der Waals surface area contributed by atoms with Gasteiger partial charge in [-0.25, -0.2) is 13.1 Å². The van der Waals surface area contributed by atoms with Gasteiger partial charge in [0.25, 0.3) is 0 Å². The van der Waals surface area contributed by atoms with Crippen LogP contribution in [0.3, 0.4) is 0 Å². The molecule has 23 heavy (non-hydrogen) atoms. The number of carbonyl (C=O) groups is 1. The molecule has 7 heteroatoms. The zero-order chi connectivity index (χ0) is 16.9. The van der Waals surface area contributed by atoms with E-state index >= 15 is 0 Å². The van der Waals surface area contributed by atoms with Crippen molar-refractivity contribution in [1.82, 2.24) is 9.71 Å². The van der Waals surface area contributed by atoms with Crippen molar-refractivity contribution in [3.05, 3.63) is 59.9 Å². The molecule has 0 saturated carbocycles. The van der Waals surface area contributed by atoms with E-state index in [1.165, 1.54) is 0 Å². The number of nitrogens with one attached hydrogen (secondary N) is 2. The van der Waals surface area contributed by atoms with Crippen molar-refractivity contribution < 1.29 is 13.2 Å². The lowest BCUT2D eigenvalue weighted by Gasteiger charge is -2.18. The van der Waals surface area contributed by atoms with Crippen LogP contribution >= 0.6 is 0 Å². The molecule has 0 aliphatic carbocycles. The van der Waals surface area contributed by atoms with Crippen LogP contribution in [-0.4, -0.2) is 32.1 Å². The first-order valence-corrected chi connectivity index (χ1v) is 8.97. The smallest absolute Gasteiger partial charge is 0.233 e. The summed E-state index contributed by atoms with van der Waals surface area (Å²) >= 11 is 0. The Morgan fingerprint density at radius 2 is 1.91 bits per heavy atom. The summed E-state index contributed by atoms with van der Waals surface area (Å²) in [6.07, 6.45) is 4.28. The summed E-state index contributed by atoms with van der Waals surface area (Å²) in [6, 6.07) is 10.8. The van der Waals surface area contributed by atoms with Gasteiger partial charge in [0.15, 0.2) is 0 Å². The normalized spacial score (nSPS) is 12.6. The van der Waals surface area contributed by atoms with E-state index in [1.807, 2.05) is 25.1 Å². The highest BCUT2D eigenvalue weighted by molar-refractivity contribution is 7.88. The van der Waals surface area contributed by atoms with Gasteiger partial charge in [0.05, 0.1) is 24.1 Å². The highest BCUT2D eigenvalue weighted by atomic mass is 32.2. The van der Waals surface area contributed by atoms with Gasteiger partial charge >= 0.3 is 0 Å². The quantitative estimate of drug-likeness (QED) is 0.841. The highest BCUT2D eigenvalue weighted by Gasteiger charge is 2.22. The molecule has 0 bridgehead atoms. The number of hydrogen-bond donors (Lipinski definition) is 2. The molecule has 1 amide bonds. The van der Waals surface area contributed by atoms with Crippen molar-refractivity contribution in [3.63, 3.8) is 0 Å². The predicted octanol–water partition coefficient (Wildman–Crippen LogP) is 1.66. The van der Waals surface area contributed by atoms with Crippen molar-refractivity contribution in [3.8, 4) is 0 Å². The van der Waals surface area contributed by atoms with Crippen LogP contribution in [-0.2, 0) is 14.8 Å². The van der Waals surface area contributed by atoms with Gasteiger partial charge in [-0.1, -0.05) is 30.3 Å². The predicted molar refractivity (Wildman–Crippen MR) is 89.6 cm³/mol. The van der Waals surface area contributed by atoms with Crippen LogP contribution in [0.25, 0.3) is 0 Å². The second-order valence-corrected chi connectivity index (χ2v) is 7.10. The molecule has 0 aliphatic heterocycles. The van der Waals surface area contributed by atoms with E-state index in [-0.39, 0.29) is 12.5 Å². The lowest BCUT2D eigenvalue weighted by atomic mass is 9.98. The van der Waals surface area contributed by atoms with Crippen molar-refractivity contribution in [1.29, 1.82) is 0 Å². The minimum Gasteiger partial charge on any atom is -0.324 e. The van der Waals surface area contributed by atoms with Gasteiger partial charge < -0.3 is 5.32 Å². The number of pyridine rings is 1. The maximum absolute atomic E-state index is 12.6. The van der Waals surface area contributed by atoms with E-state index in [2.05, 4.69) is 15.0 Å². The number of aromatic nitrogens is 1. The molecule has 0 fully saturated rings. The molecular weight excluding hydrogens is 314 g/mol. The zero-order valence-corrected chi connectivity index (χ0v) is 13.8. The van der Waals surface area contributed by atoms with Crippen molar-refractivity contribution in [2.45, 2.75) is 12.8 Å². The van der Waals surface area contributed by atoms with Gasteiger partial charge in [-0.05, 0) is 24.1 Å². The lowest BCUT2D eigenvalue weighted by Crippen LogP contribution is -2.33. The summed E-state index contributed by atoms with van der Waals surface area (Å²) in [5, 5.41) is 2.81. The molecule has 1 atom stereocenters. The molecule has 1 aromatic carbocycles. The van der Waals surface area contributed by atoms with Gasteiger partial charge in [-0.3, -0.25) is 9.78 Å². The molecule has 0 saturated heterocycles. The lowest BCUT2D eigenvalue weighted by molar-refractivity contribution is -0.117. The molecular formula is C16H19N3O3S. The molecule has 2 rings (SSSR count). The Morgan fingerprint density at radius 1 is 1.22 bits per heavy atom. The maximum atomic E-state index is 12.6. The van der Waals surface area contributed by atoms with Crippen molar-refractivity contribution in [2.75, 3.05) is 18.1 Å². The molecule has 6 nitrogen and oxygen atoms in total. The second kappa shape index (κ2) is 7.34. The third-order valence-corrected chi connectivity index (χ3v) is 4.06. The highest BCUT2D eigenvalue weighted by Crippen LogP contribution is 2.19. The van der Waals surface area contributed by atoms with Crippen molar-refractivity contribution >= 4 is 21.6 Å². The Kier molecular flexibility index (Phi) is 5.46. The van der Waals surface area contributed by atoms with E-state index in [4.69, 9.17) is 0 Å². The van der Waals surface area contributed by atoms with Gasteiger partial charge in [0, 0.05) is 12.7 Å². The molecule has 0 aliphatic rings. The number of hydrogen-bond acceptors (Lipinski definition) is 4. The summed E-state index contributed by atoms with van der Waals surface area (Å²) in [6.45, 7) is 1.86. The first kappa shape index (κ1) is 17.1. The first-order valence-electron chi connectivity index (χ1n) is 7.08. The fourth-order valence-electron chi connectivity index (χ4n) is 2.10. The summed E-state index contributed by atoms with van der Waals surface area (Å²) in [5.41, 5.74) is 2.23. The molecule has 2 N–H and O–H groups in total. The monoisotopic (exact) mass is 333 g/mol. The standard InChI is InChI=1S/C16H19N3O3S/c1-12-8-9-17-11-15(12)19-16(20)14(10-18-23(2,21)22)13-6-4-3-5-7-13/h3-9,11,14,18H,10H2,1-2H3,(H,19,20)/t14-/m1/s1. The van der Waals surface area contributed by atoms with E-state index in [0.29, 0.717) is 5.69 Å². The molecule has 122 valence electrons. The van der Waals surface area contributed by atoms with Crippen LogP contribution in [0.4, 0.5) is 5.69 Å². The third kappa shape index (κ3) is 5.15. The minimum atomic E-state index is -3.38. The van der Waals surface area contributed by atoms with Crippen molar-refractivity contribution in [2.24, 2.45) is 0 Å². The van der Waals surface area contributed by atoms with E-state index in [9.17, 15) is 13.2 Å². The Labute approximate surface area is 136 Å². The molecule has 1 aromatic heterocycles. The number of carbonyl (C=O) groups excluding carboxylic acids is 1. The van der Waals surface area contributed by atoms with Crippen LogP contribution in [0, 0.1) is 6.92 Å². The molecule has 2 aromatic rings. The van der Waals surface area contributed by atoms with Gasteiger partial charge in [-0.2, -0.15) is 0 Å². The average Bonchev–Trinajstić information content (AvgIpc) is 2.50. The van der Waals surface area contributed by atoms with E-state index < -0.39 is 15.9 Å². The zero-order valence-electron chi connectivity index (χ0n) is 13.0. The molecule has 0 spiro atoms. The fraction of sp³-hybridized carbons (Fsp3) is 0.250. The van der Waals surface area contributed by atoms with Gasteiger partial charge in [0.2, 0.25) is 15.9 Å². The average molecular weight is 333 g/mol. The minimum absolute atomic E-state index is 0.00596. The SMILES string of the molecule is Cc1ccncc1NC(=O)[C@H](CNS(C)(=O)=O)c1ccccc1. The maximum Gasteiger partial charge on any atom is 0.233 e. The summed E-state index contributed by atoms with van der Waals surface area (Å²) < 4.78 is 25.1. The number of nitrogens with zero attached hydrogens (tertiary/aromatic N) is 1. The van der Waals surface area contributed by atoms with E-state index in [1.54, 1.807) is 30.6 Å². The van der Waals surface area contributed by atoms with E-state index in [0.717, 1.165) is 17.4 Å². The van der Waals surface area contributed by atoms with Gasteiger partial charge in [0.1, 0.15) is 0 Å². The fourth-order valence-corrected chi connectivity index (χ4v) is 2.57.